The Kier molecular flexibility index (Phi) is 4.35. The second kappa shape index (κ2) is 5.80. The van der Waals surface area contributed by atoms with Gasteiger partial charge in [-0.05, 0) is 40.9 Å². The standard InChI is InChI=1S/C12H15BrClN3O/c13-11-9(14)2-1-3-10(11)16-8-4-6-17(7-5-8)12(15)18/h1-3,8,16H,4-7H2,(H2,15,18). The Morgan fingerprint density at radius 3 is 2.72 bits per heavy atom. The number of rotatable bonds is 2. The molecular weight excluding hydrogens is 318 g/mol. The molecule has 0 saturated carbocycles. The molecule has 0 unspecified atom stereocenters. The number of hydrogen-bond acceptors (Lipinski definition) is 2. The van der Waals surface area contributed by atoms with Crippen molar-refractivity contribution in [3.63, 3.8) is 0 Å². The lowest BCUT2D eigenvalue weighted by molar-refractivity contribution is 0.193. The van der Waals surface area contributed by atoms with Crippen LogP contribution < -0.4 is 11.1 Å². The van der Waals surface area contributed by atoms with Crippen molar-refractivity contribution in [1.29, 1.82) is 0 Å². The van der Waals surface area contributed by atoms with Crippen LogP contribution in [0.25, 0.3) is 0 Å². The number of benzene rings is 1. The number of nitrogens with two attached hydrogens (primary N) is 1. The molecule has 3 N–H and O–H groups in total. The summed E-state index contributed by atoms with van der Waals surface area (Å²) in [5, 5.41) is 4.13. The van der Waals surface area contributed by atoms with Crippen LogP contribution in [0.3, 0.4) is 0 Å². The Morgan fingerprint density at radius 1 is 1.44 bits per heavy atom. The van der Waals surface area contributed by atoms with Crippen molar-refractivity contribution in [3.05, 3.63) is 27.7 Å². The van der Waals surface area contributed by atoms with E-state index in [2.05, 4.69) is 21.2 Å². The molecule has 2 amide bonds. The second-order valence-corrected chi connectivity index (χ2v) is 5.55. The Morgan fingerprint density at radius 2 is 2.11 bits per heavy atom. The molecule has 1 fully saturated rings. The van der Waals surface area contributed by atoms with Gasteiger partial charge in [0.1, 0.15) is 0 Å². The van der Waals surface area contributed by atoms with E-state index in [4.69, 9.17) is 17.3 Å². The number of nitrogens with zero attached hydrogens (tertiary/aromatic N) is 1. The van der Waals surface area contributed by atoms with Crippen LogP contribution in [-0.4, -0.2) is 30.1 Å². The molecule has 18 heavy (non-hydrogen) atoms. The van der Waals surface area contributed by atoms with Crippen molar-refractivity contribution in [2.75, 3.05) is 18.4 Å². The van der Waals surface area contributed by atoms with Gasteiger partial charge in [-0.15, -0.1) is 0 Å². The van der Waals surface area contributed by atoms with Crippen molar-refractivity contribution < 1.29 is 4.79 Å². The van der Waals surface area contributed by atoms with E-state index in [1.807, 2.05) is 18.2 Å². The first-order valence-electron chi connectivity index (χ1n) is 5.83. The van der Waals surface area contributed by atoms with E-state index in [1.54, 1.807) is 4.90 Å². The Hall–Kier alpha value is -0.940. The number of carbonyl (C=O) groups is 1. The quantitative estimate of drug-likeness (QED) is 0.874. The summed E-state index contributed by atoms with van der Waals surface area (Å²) in [7, 11) is 0. The molecule has 0 atom stereocenters. The number of primary amides is 1. The highest BCUT2D eigenvalue weighted by Gasteiger charge is 2.21. The third-order valence-electron chi connectivity index (χ3n) is 3.12. The minimum Gasteiger partial charge on any atom is -0.381 e. The highest BCUT2D eigenvalue weighted by molar-refractivity contribution is 9.10. The minimum atomic E-state index is -0.336. The lowest BCUT2D eigenvalue weighted by Crippen LogP contribution is -2.44. The fourth-order valence-electron chi connectivity index (χ4n) is 2.08. The average molecular weight is 333 g/mol. The number of piperidine rings is 1. The van der Waals surface area contributed by atoms with E-state index >= 15 is 0 Å². The summed E-state index contributed by atoms with van der Waals surface area (Å²) in [6, 6.07) is 5.74. The second-order valence-electron chi connectivity index (χ2n) is 4.35. The van der Waals surface area contributed by atoms with Gasteiger partial charge in [0.05, 0.1) is 15.2 Å². The van der Waals surface area contributed by atoms with Gasteiger partial charge in [-0.25, -0.2) is 4.79 Å². The summed E-state index contributed by atoms with van der Waals surface area (Å²) >= 11 is 9.50. The molecule has 98 valence electrons. The van der Waals surface area contributed by atoms with Crippen LogP contribution in [0.2, 0.25) is 5.02 Å². The molecular formula is C12H15BrClN3O. The summed E-state index contributed by atoms with van der Waals surface area (Å²) in [5.41, 5.74) is 6.24. The maximum absolute atomic E-state index is 11.0. The molecule has 1 heterocycles. The monoisotopic (exact) mass is 331 g/mol. The van der Waals surface area contributed by atoms with Crippen LogP contribution >= 0.6 is 27.5 Å². The van der Waals surface area contributed by atoms with Crippen LogP contribution in [0, 0.1) is 0 Å². The summed E-state index contributed by atoms with van der Waals surface area (Å²) < 4.78 is 0.879. The molecule has 0 bridgehead atoms. The van der Waals surface area contributed by atoms with Gasteiger partial charge < -0.3 is 16.0 Å². The molecule has 0 spiro atoms. The molecule has 1 aromatic rings. The zero-order chi connectivity index (χ0) is 13.1. The molecule has 1 aliphatic rings. The Bertz CT molecular complexity index is 447. The van der Waals surface area contributed by atoms with Gasteiger partial charge in [0.15, 0.2) is 0 Å². The molecule has 2 rings (SSSR count). The topological polar surface area (TPSA) is 58.4 Å². The van der Waals surface area contributed by atoms with E-state index in [1.165, 1.54) is 0 Å². The number of likely N-dealkylation sites (tertiary alicyclic amines) is 1. The van der Waals surface area contributed by atoms with E-state index in [0.29, 0.717) is 24.2 Å². The minimum absolute atomic E-state index is 0.336. The number of nitrogens with one attached hydrogen (secondary N) is 1. The first-order chi connectivity index (χ1) is 8.58. The molecule has 1 aromatic carbocycles. The number of urea groups is 1. The maximum Gasteiger partial charge on any atom is 0.314 e. The molecule has 4 nitrogen and oxygen atoms in total. The first-order valence-corrected chi connectivity index (χ1v) is 7.00. The average Bonchev–Trinajstić information content (AvgIpc) is 2.36. The summed E-state index contributed by atoms with van der Waals surface area (Å²) in [5.74, 6) is 0. The third-order valence-corrected chi connectivity index (χ3v) is 4.52. The van der Waals surface area contributed by atoms with Crippen molar-refractivity contribution in [2.24, 2.45) is 5.73 Å². The summed E-state index contributed by atoms with van der Waals surface area (Å²) in [4.78, 5) is 12.7. The van der Waals surface area contributed by atoms with Gasteiger partial charge in [0.2, 0.25) is 0 Å². The molecule has 0 aromatic heterocycles. The van der Waals surface area contributed by atoms with Gasteiger partial charge in [-0.1, -0.05) is 17.7 Å². The van der Waals surface area contributed by atoms with E-state index in [9.17, 15) is 4.79 Å². The molecule has 0 aliphatic carbocycles. The van der Waals surface area contributed by atoms with Crippen molar-refractivity contribution in [3.8, 4) is 0 Å². The van der Waals surface area contributed by atoms with Crippen molar-refractivity contribution in [1.82, 2.24) is 4.90 Å². The first kappa shape index (κ1) is 13.5. The fraction of sp³-hybridized carbons (Fsp3) is 0.417. The van der Waals surface area contributed by atoms with Crippen LogP contribution in [0.5, 0.6) is 0 Å². The SMILES string of the molecule is NC(=O)N1CCC(Nc2cccc(Cl)c2Br)CC1. The Balaban J connectivity index is 1.96. The largest absolute Gasteiger partial charge is 0.381 e. The number of amides is 2. The van der Waals surface area contributed by atoms with Crippen LogP contribution in [0.1, 0.15) is 12.8 Å². The van der Waals surface area contributed by atoms with Gasteiger partial charge in [-0.3, -0.25) is 0 Å². The molecule has 6 heteroatoms. The van der Waals surface area contributed by atoms with Gasteiger partial charge in [-0.2, -0.15) is 0 Å². The lowest BCUT2D eigenvalue weighted by Gasteiger charge is -2.32. The zero-order valence-corrected chi connectivity index (χ0v) is 12.2. The predicted molar refractivity (Wildman–Crippen MR) is 77.0 cm³/mol. The Labute approximate surface area is 120 Å². The number of anilines is 1. The van der Waals surface area contributed by atoms with Crippen molar-refractivity contribution >= 4 is 39.2 Å². The fourth-order valence-corrected chi connectivity index (χ4v) is 2.63. The molecule has 1 aliphatic heterocycles. The van der Waals surface area contributed by atoms with E-state index in [-0.39, 0.29) is 6.03 Å². The third kappa shape index (κ3) is 3.09. The van der Waals surface area contributed by atoms with E-state index < -0.39 is 0 Å². The normalized spacial score (nSPS) is 16.7. The van der Waals surface area contributed by atoms with Crippen LogP contribution in [0.4, 0.5) is 10.5 Å². The molecule has 1 saturated heterocycles. The predicted octanol–water partition coefficient (Wildman–Crippen LogP) is 3.06. The van der Waals surface area contributed by atoms with Gasteiger partial charge >= 0.3 is 6.03 Å². The van der Waals surface area contributed by atoms with Gasteiger partial charge in [0.25, 0.3) is 0 Å². The van der Waals surface area contributed by atoms with Gasteiger partial charge in [0, 0.05) is 19.1 Å². The summed E-state index contributed by atoms with van der Waals surface area (Å²) in [6.45, 7) is 1.40. The number of hydrogen-bond donors (Lipinski definition) is 2. The number of halogens is 2. The summed E-state index contributed by atoms with van der Waals surface area (Å²) in [6.07, 6.45) is 1.78. The van der Waals surface area contributed by atoms with E-state index in [0.717, 1.165) is 23.0 Å². The number of carbonyl (C=O) groups excluding carboxylic acids is 1. The van der Waals surface area contributed by atoms with Crippen LogP contribution in [0.15, 0.2) is 22.7 Å². The van der Waals surface area contributed by atoms with Crippen LogP contribution in [-0.2, 0) is 0 Å². The molecule has 0 radical (unpaired) electrons. The highest BCUT2D eigenvalue weighted by Crippen LogP contribution is 2.31. The maximum atomic E-state index is 11.0. The highest BCUT2D eigenvalue weighted by atomic mass is 79.9. The van der Waals surface area contributed by atoms with Crippen molar-refractivity contribution in [2.45, 2.75) is 18.9 Å². The smallest absolute Gasteiger partial charge is 0.314 e. The lowest BCUT2D eigenvalue weighted by atomic mass is 10.0. The zero-order valence-electron chi connectivity index (χ0n) is 9.83.